The summed E-state index contributed by atoms with van der Waals surface area (Å²) < 4.78 is 10.3. The molecule has 0 saturated heterocycles. The SMILES string of the molecule is COC(=O)C1CC[C@H](OCCCCCO)[C@@H](O)C1. The lowest BCUT2D eigenvalue weighted by molar-refractivity contribution is -0.151. The first-order valence-corrected chi connectivity index (χ1v) is 6.67. The van der Waals surface area contributed by atoms with Crippen LogP contribution in [0.5, 0.6) is 0 Å². The molecule has 3 atom stereocenters. The Morgan fingerprint density at radius 1 is 1.28 bits per heavy atom. The van der Waals surface area contributed by atoms with Gasteiger partial charge in [0, 0.05) is 13.2 Å². The second-order valence-electron chi connectivity index (χ2n) is 4.79. The van der Waals surface area contributed by atoms with Gasteiger partial charge in [-0.3, -0.25) is 4.79 Å². The molecule has 5 heteroatoms. The van der Waals surface area contributed by atoms with Crippen LogP contribution in [-0.4, -0.2) is 48.7 Å². The lowest BCUT2D eigenvalue weighted by Crippen LogP contribution is -2.38. The van der Waals surface area contributed by atoms with Crippen molar-refractivity contribution in [2.75, 3.05) is 20.3 Å². The Hall–Kier alpha value is -0.650. The summed E-state index contributed by atoms with van der Waals surface area (Å²) in [5.41, 5.74) is 0. The number of carbonyl (C=O) groups excluding carboxylic acids is 1. The minimum atomic E-state index is -0.583. The van der Waals surface area contributed by atoms with Crippen molar-refractivity contribution in [2.45, 2.75) is 50.7 Å². The number of rotatable bonds is 7. The summed E-state index contributed by atoms with van der Waals surface area (Å²) in [4.78, 5) is 11.4. The summed E-state index contributed by atoms with van der Waals surface area (Å²) in [6.07, 6.45) is 3.70. The minimum Gasteiger partial charge on any atom is -0.469 e. The number of aliphatic hydroxyl groups is 2. The van der Waals surface area contributed by atoms with Crippen LogP contribution in [0.15, 0.2) is 0 Å². The highest BCUT2D eigenvalue weighted by Gasteiger charge is 2.33. The maximum Gasteiger partial charge on any atom is 0.308 e. The van der Waals surface area contributed by atoms with Crippen molar-refractivity contribution in [3.63, 3.8) is 0 Å². The van der Waals surface area contributed by atoms with Crippen molar-refractivity contribution in [3.05, 3.63) is 0 Å². The highest BCUT2D eigenvalue weighted by atomic mass is 16.5. The van der Waals surface area contributed by atoms with Crippen molar-refractivity contribution in [1.29, 1.82) is 0 Å². The molecule has 1 aliphatic carbocycles. The number of carbonyl (C=O) groups is 1. The molecule has 0 aromatic heterocycles. The zero-order chi connectivity index (χ0) is 13.4. The number of hydrogen-bond donors (Lipinski definition) is 2. The van der Waals surface area contributed by atoms with E-state index in [1.165, 1.54) is 7.11 Å². The van der Waals surface area contributed by atoms with E-state index in [-0.39, 0.29) is 24.6 Å². The molecule has 1 rings (SSSR count). The van der Waals surface area contributed by atoms with Crippen LogP contribution in [0, 0.1) is 5.92 Å². The van der Waals surface area contributed by atoms with Crippen LogP contribution < -0.4 is 0 Å². The Kier molecular flexibility index (Phi) is 7.23. The van der Waals surface area contributed by atoms with E-state index in [2.05, 4.69) is 4.74 Å². The summed E-state index contributed by atoms with van der Waals surface area (Å²) in [5.74, 6) is -0.435. The van der Waals surface area contributed by atoms with E-state index in [1.54, 1.807) is 0 Å². The molecule has 0 aliphatic heterocycles. The summed E-state index contributed by atoms with van der Waals surface area (Å²) in [6.45, 7) is 0.817. The topological polar surface area (TPSA) is 76.0 Å². The van der Waals surface area contributed by atoms with Crippen LogP contribution in [0.4, 0.5) is 0 Å². The molecular weight excluding hydrogens is 236 g/mol. The number of aliphatic hydroxyl groups excluding tert-OH is 2. The van der Waals surface area contributed by atoms with Gasteiger partial charge < -0.3 is 19.7 Å². The third-order valence-corrected chi connectivity index (χ3v) is 3.42. The largest absolute Gasteiger partial charge is 0.469 e. The predicted molar refractivity (Wildman–Crippen MR) is 66.0 cm³/mol. The molecule has 0 aromatic rings. The van der Waals surface area contributed by atoms with Gasteiger partial charge in [-0.25, -0.2) is 0 Å². The number of ether oxygens (including phenoxy) is 2. The summed E-state index contributed by atoms with van der Waals surface area (Å²) >= 11 is 0. The lowest BCUT2D eigenvalue weighted by Gasteiger charge is -2.31. The molecule has 0 amide bonds. The van der Waals surface area contributed by atoms with Crippen LogP contribution in [0.2, 0.25) is 0 Å². The van der Waals surface area contributed by atoms with Gasteiger partial charge in [-0.15, -0.1) is 0 Å². The summed E-state index contributed by atoms with van der Waals surface area (Å²) in [7, 11) is 1.37. The highest BCUT2D eigenvalue weighted by molar-refractivity contribution is 5.72. The first-order chi connectivity index (χ1) is 8.69. The van der Waals surface area contributed by atoms with Crippen molar-refractivity contribution in [3.8, 4) is 0 Å². The summed E-state index contributed by atoms with van der Waals surface area (Å²) in [6, 6.07) is 0. The molecule has 0 aromatic carbocycles. The van der Waals surface area contributed by atoms with Gasteiger partial charge in [0.15, 0.2) is 0 Å². The highest BCUT2D eigenvalue weighted by Crippen LogP contribution is 2.27. The Balaban J connectivity index is 2.19. The molecule has 0 spiro atoms. The summed E-state index contributed by atoms with van der Waals surface area (Å²) in [5, 5.41) is 18.5. The van der Waals surface area contributed by atoms with Crippen LogP contribution in [-0.2, 0) is 14.3 Å². The van der Waals surface area contributed by atoms with E-state index < -0.39 is 6.10 Å². The standard InChI is InChI=1S/C13H24O5/c1-17-13(16)10-5-6-12(11(15)9-10)18-8-4-2-3-7-14/h10-12,14-15H,2-9H2,1H3/t10?,11-,12-/m0/s1. The van der Waals surface area contributed by atoms with Crippen molar-refractivity contribution in [2.24, 2.45) is 5.92 Å². The molecule has 0 heterocycles. The van der Waals surface area contributed by atoms with E-state index in [0.717, 1.165) is 19.3 Å². The molecule has 1 aliphatic rings. The Morgan fingerprint density at radius 3 is 2.67 bits per heavy atom. The van der Waals surface area contributed by atoms with Crippen molar-refractivity contribution < 1.29 is 24.5 Å². The molecule has 5 nitrogen and oxygen atoms in total. The fraction of sp³-hybridized carbons (Fsp3) is 0.923. The molecule has 1 saturated carbocycles. The third kappa shape index (κ3) is 4.92. The van der Waals surface area contributed by atoms with E-state index in [0.29, 0.717) is 25.9 Å². The molecular formula is C13H24O5. The monoisotopic (exact) mass is 260 g/mol. The molecule has 106 valence electrons. The second kappa shape index (κ2) is 8.45. The number of methoxy groups -OCH3 is 1. The number of hydrogen-bond acceptors (Lipinski definition) is 5. The quantitative estimate of drug-likeness (QED) is 0.524. The van der Waals surface area contributed by atoms with Gasteiger partial charge in [0.05, 0.1) is 25.2 Å². The first kappa shape index (κ1) is 15.4. The van der Waals surface area contributed by atoms with Crippen LogP contribution >= 0.6 is 0 Å². The first-order valence-electron chi connectivity index (χ1n) is 6.67. The smallest absolute Gasteiger partial charge is 0.308 e. The Labute approximate surface area is 108 Å². The maximum atomic E-state index is 11.4. The fourth-order valence-corrected chi connectivity index (χ4v) is 2.32. The Morgan fingerprint density at radius 2 is 2.06 bits per heavy atom. The molecule has 18 heavy (non-hydrogen) atoms. The van der Waals surface area contributed by atoms with Crippen LogP contribution in [0.25, 0.3) is 0 Å². The van der Waals surface area contributed by atoms with Gasteiger partial charge in [0.1, 0.15) is 0 Å². The van der Waals surface area contributed by atoms with Gasteiger partial charge in [0.25, 0.3) is 0 Å². The molecule has 0 radical (unpaired) electrons. The van der Waals surface area contributed by atoms with Gasteiger partial charge in [-0.05, 0) is 38.5 Å². The van der Waals surface area contributed by atoms with Gasteiger partial charge in [-0.2, -0.15) is 0 Å². The van der Waals surface area contributed by atoms with Crippen LogP contribution in [0.3, 0.4) is 0 Å². The average molecular weight is 260 g/mol. The molecule has 0 bridgehead atoms. The second-order valence-corrected chi connectivity index (χ2v) is 4.79. The average Bonchev–Trinajstić information content (AvgIpc) is 2.39. The lowest BCUT2D eigenvalue weighted by atomic mass is 9.85. The van der Waals surface area contributed by atoms with Crippen molar-refractivity contribution in [1.82, 2.24) is 0 Å². The molecule has 1 fully saturated rings. The number of esters is 1. The minimum absolute atomic E-state index is 0.167. The van der Waals surface area contributed by atoms with Gasteiger partial charge in [0.2, 0.25) is 0 Å². The van der Waals surface area contributed by atoms with E-state index in [1.807, 2.05) is 0 Å². The maximum absolute atomic E-state index is 11.4. The zero-order valence-corrected chi connectivity index (χ0v) is 11.0. The van der Waals surface area contributed by atoms with Crippen LogP contribution in [0.1, 0.15) is 38.5 Å². The Bertz CT molecular complexity index is 244. The molecule has 2 N–H and O–H groups in total. The fourth-order valence-electron chi connectivity index (χ4n) is 2.32. The molecule has 1 unspecified atom stereocenters. The van der Waals surface area contributed by atoms with Gasteiger partial charge >= 0.3 is 5.97 Å². The van der Waals surface area contributed by atoms with E-state index in [9.17, 15) is 9.90 Å². The normalized spacial score (nSPS) is 28.1. The van der Waals surface area contributed by atoms with E-state index in [4.69, 9.17) is 9.84 Å². The van der Waals surface area contributed by atoms with Gasteiger partial charge in [-0.1, -0.05) is 0 Å². The zero-order valence-electron chi connectivity index (χ0n) is 11.0. The predicted octanol–water partition coefficient (Wildman–Crippen LogP) is 0.868. The van der Waals surface area contributed by atoms with E-state index >= 15 is 0 Å². The number of unbranched alkanes of at least 4 members (excludes halogenated alkanes) is 2. The third-order valence-electron chi connectivity index (χ3n) is 3.42. The van der Waals surface area contributed by atoms with Crippen molar-refractivity contribution >= 4 is 5.97 Å².